The third-order valence-electron chi connectivity index (χ3n) is 3.57. The van der Waals surface area contributed by atoms with E-state index in [-0.39, 0.29) is 0 Å². The van der Waals surface area contributed by atoms with Crippen molar-refractivity contribution in [2.24, 2.45) is 0 Å². The first-order chi connectivity index (χ1) is 9.36. The summed E-state index contributed by atoms with van der Waals surface area (Å²) in [6.07, 6.45) is 5.32. The van der Waals surface area contributed by atoms with Gasteiger partial charge >= 0.3 is 0 Å². The summed E-state index contributed by atoms with van der Waals surface area (Å²) in [6.45, 7) is 0. The third-order valence-corrected chi connectivity index (χ3v) is 3.57. The minimum Gasteiger partial charge on any atom is -0.363 e. The average Bonchev–Trinajstić information content (AvgIpc) is 2.48. The van der Waals surface area contributed by atoms with Crippen molar-refractivity contribution in [3.05, 3.63) is 47.7 Å². The number of fused-ring (bicyclic) bond motifs is 1. The van der Waals surface area contributed by atoms with Crippen molar-refractivity contribution in [3.63, 3.8) is 0 Å². The minimum absolute atomic E-state index is 0.351. The molecule has 0 aliphatic heterocycles. The maximum Gasteiger partial charge on any atom is 0.224 e. The number of aryl methyl sites for hydroxylation is 1. The summed E-state index contributed by atoms with van der Waals surface area (Å²) in [7, 11) is 1.83. The Morgan fingerprint density at radius 2 is 2.11 bits per heavy atom. The number of aromatic nitrogens is 2. The molecule has 1 aromatic carbocycles. The molecule has 3 rings (SSSR count). The minimum atomic E-state index is 0.351. The molecular weight excluding hydrogens is 236 g/mol. The first-order valence-corrected chi connectivity index (χ1v) is 6.72. The maximum absolute atomic E-state index is 4.42. The van der Waals surface area contributed by atoms with Crippen LogP contribution in [0.2, 0.25) is 0 Å². The van der Waals surface area contributed by atoms with Gasteiger partial charge in [0.15, 0.2) is 0 Å². The molecule has 4 nitrogen and oxygen atoms in total. The highest BCUT2D eigenvalue weighted by molar-refractivity contribution is 5.44. The highest BCUT2D eigenvalue weighted by atomic mass is 15.1. The van der Waals surface area contributed by atoms with E-state index in [2.05, 4.69) is 44.9 Å². The summed E-state index contributed by atoms with van der Waals surface area (Å²) in [4.78, 5) is 8.56. The fourth-order valence-electron chi connectivity index (χ4n) is 2.64. The average molecular weight is 254 g/mol. The maximum atomic E-state index is 4.42. The molecule has 0 bridgehead atoms. The van der Waals surface area contributed by atoms with Crippen molar-refractivity contribution in [1.29, 1.82) is 0 Å². The van der Waals surface area contributed by atoms with Gasteiger partial charge < -0.3 is 10.6 Å². The molecule has 1 heterocycles. The van der Waals surface area contributed by atoms with E-state index in [9.17, 15) is 0 Å². The Morgan fingerprint density at radius 3 is 3.00 bits per heavy atom. The number of nitrogens with zero attached hydrogens (tertiary/aromatic N) is 2. The van der Waals surface area contributed by atoms with E-state index >= 15 is 0 Å². The molecule has 0 saturated heterocycles. The Kier molecular flexibility index (Phi) is 3.31. The van der Waals surface area contributed by atoms with Gasteiger partial charge in [0.2, 0.25) is 5.95 Å². The van der Waals surface area contributed by atoms with Crippen LogP contribution in [0.15, 0.2) is 36.5 Å². The monoisotopic (exact) mass is 254 g/mol. The predicted octanol–water partition coefficient (Wildman–Crippen LogP) is 3.01. The number of hydrogen-bond donors (Lipinski definition) is 2. The standard InChI is InChI=1S/C15H18N4/c1-16-15-17-10-9-14(19-15)18-13-8-4-6-11-5-2-3-7-12(11)13/h2-3,5,7,9-10,13H,4,6,8H2,1H3,(H2,16,17,18,19). The second-order valence-corrected chi connectivity index (χ2v) is 4.80. The molecule has 2 N–H and O–H groups in total. The summed E-state index contributed by atoms with van der Waals surface area (Å²) >= 11 is 0. The molecule has 0 spiro atoms. The SMILES string of the molecule is CNc1nccc(NC2CCCc3ccccc32)n1. The number of anilines is 2. The van der Waals surface area contributed by atoms with Crippen molar-refractivity contribution in [2.45, 2.75) is 25.3 Å². The summed E-state index contributed by atoms with van der Waals surface area (Å²) in [5, 5.41) is 6.48. The molecule has 19 heavy (non-hydrogen) atoms. The fraction of sp³-hybridized carbons (Fsp3) is 0.333. The molecule has 0 fully saturated rings. The summed E-state index contributed by atoms with van der Waals surface area (Å²) in [5.74, 6) is 1.52. The lowest BCUT2D eigenvalue weighted by molar-refractivity contribution is 0.598. The van der Waals surface area contributed by atoms with Crippen LogP contribution >= 0.6 is 0 Å². The van der Waals surface area contributed by atoms with Gasteiger partial charge in [-0.2, -0.15) is 4.98 Å². The number of nitrogens with one attached hydrogen (secondary N) is 2. The van der Waals surface area contributed by atoms with E-state index in [1.54, 1.807) is 6.20 Å². The first-order valence-electron chi connectivity index (χ1n) is 6.72. The first kappa shape index (κ1) is 12.0. The Bertz CT molecular complexity index is 568. The normalized spacial score (nSPS) is 17.6. The van der Waals surface area contributed by atoms with Crippen LogP contribution in [-0.4, -0.2) is 17.0 Å². The van der Waals surface area contributed by atoms with Gasteiger partial charge in [0, 0.05) is 13.2 Å². The number of hydrogen-bond acceptors (Lipinski definition) is 4. The van der Waals surface area contributed by atoms with Gasteiger partial charge in [-0.05, 0) is 36.5 Å². The van der Waals surface area contributed by atoms with Crippen LogP contribution in [0.3, 0.4) is 0 Å². The Balaban J connectivity index is 1.84. The van der Waals surface area contributed by atoms with E-state index < -0.39 is 0 Å². The molecule has 1 unspecified atom stereocenters. The second-order valence-electron chi connectivity index (χ2n) is 4.80. The smallest absolute Gasteiger partial charge is 0.224 e. The molecular formula is C15H18N4. The Morgan fingerprint density at radius 1 is 1.21 bits per heavy atom. The van der Waals surface area contributed by atoms with Crippen LogP contribution in [0.25, 0.3) is 0 Å². The van der Waals surface area contributed by atoms with Crippen LogP contribution in [-0.2, 0) is 6.42 Å². The van der Waals surface area contributed by atoms with E-state index in [0.717, 1.165) is 12.2 Å². The van der Waals surface area contributed by atoms with Gasteiger partial charge in [0.25, 0.3) is 0 Å². The fourth-order valence-corrected chi connectivity index (χ4v) is 2.64. The molecule has 98 valence electrons. The van der Waals surface area contributed by atoms with Crippen molar-refractivity contribution >= 4 is 11.8 Å². The predicted molar refractivity (Wildman–Crippen MR) is 77.3 cm³/mol. The molecule has 0 radical (unpaired) electrons. The van der Waals surface area contributed by atoms with E-state index in [0.29, 0.717) is 12.0 Å². The Labute approximate surface area is 113 Å². The highest BCUT2D eigenvalue weighted by Gasteiger charge is 2.19. The largest absolute Gasteiger partial charge is 0.363 e. The van der Waals surface area contributed by atoms with E-state index in [4.69, 9.17) is 0 Å². The van der Waals surface area contributed by atoms with Crippen LogP contribution in [0.4, 0.5) is 11.8 Å². The molecule has 4 heteroatoms. The number of benzene rings is 1. The lowest BCUT2D eigenvalue weighted by Crippen LogP contribution is -2.18. The zero-order valence-corrected chi connectivity index (χ0v) is 11.1. The van der Waals surface area contributed by atoms with Gasteiger partial charge in [0.05, 0.1) is 6.04 Å². The molecule has 1 aromatic heterocycles. The molecule has 1 aliphatic rings. The third kappa shape index (κ3) is 2.52. The highest BCUT2D eigenvalue weighted by Crippen LogP contribution is 2.31. The van der Waals surface area contributed by atoms with Crippen LogP contribution in [0.5, 0.6) is 0 Å². The van der Waals surface area contributed by atoms with E-state index in [1.807, 2.05) is 13.1 Å². The van der Waals surface area contributed by atoms with Gasteiger partial charge in [-0.25, -0.2) is 4.98 Å². The summed E-state index contributed by atoms with van der Waals surface area (Å²) in [5.41, 5.74) is 2.85. The molecule has 2 aromatic rings. The topological polar surface area (TPSA) is 49.8 Å². The van der Waals surface area contributed by atoms with Crippen molar-refractivity contribution in [3.8, 4) is 0 Å². The molecule has 1 aliphatic carbocycles. The van der Waals surface area contributed by atoms with Crippen molar-refractivity contribution in [2.75, 3.05) is 17.7 Å². The molecule has 0 saturated carbocycles. The lowest BCUT2D eigenvalue weighted by atomic mass is 9.88. The Hall–Kier alpha value is -2.10. The number of rotatable bonds is 3. The molecule has 1 atom stereocenters. The van der Waals surface area contributed by atoms with Gasteiger partial charge in [-0.3, -0.25) is 0 Å². The summed E-state index contributed by atoms with van der Waals surface area (Å²) < 4.78 is 0. The van der Waals surface area contributed by atoms with Crippen molar-refractivity contribution in [1.82, 2.24) is 9.97 Å². The van der Waals surface area contributed by atoms with Crippen LogP contribution in [0, 0.1) is 0 Å². The van der Waals surface area contributed by atoms with Gasteiger partial charge in [-0.15, -0.1) is 0 Å². The molecule has 0 amide bonds. The second kappa shape index (κ2) is 5.26. The van der Waals surface area contributed by atoms with Gasteiger partial charge in [0.1, 0.15) is 5.82 Å². The van der Waals surface area contributed by atoms with Crippen LogP contribution < -0.4 is 10.6 Å². The lowest BCUT2D eigenvalue weighted by Gasteiger charge is -2.26. The summed E-state index contributed by atoms with van der Waals surface area (Å²) in [6, 6.07) is 10.9. The van der Waals surface area contributed by atoms with Crippen LogP contribution in [0.1, 0.15) is 30.0 Å². The van der Waals surface area contributed by atoms with Gasteiger partial charge in [-0.1, -0.05) is 24.3 Å². The quantitative estimate of drug-likeness (QED) is 0.884. The zero-order chi connectivity index (χ0) is 13.1. The van der Waals surface area contributed by atoms with Crippen molar-refractivity contribution < 1.29 is 0 Å². The zero-order valence-electron chi connectivity index (χ0n) is 11.1. The van der Waals surface area contributed by atoms with E-state index in [1.165, 1.54) is 24.0 Å².